The van der Waals surface area contributed by atoms with E-state index in [0.717, 1.165) is 10.8 Å². The Bertz CT molecular complexity index is 1280. The summed E-state index contributed by atoms with van der Waals surface area (Å²) in [4.78, 5) is 30.4. The largest absolute Gasteiger partial charge is 0.497 e. The van der Waals surface area contributed by atoms with Crippen LogP contribution in [-0.4, -0.2) is 27.7 Å². The standard InChI is InChI=1S/C23H20N2O3S/c1-14(21(26)15-8-10-18(28-3)11-9-15)29-23-24-20-13-17-7-5-4-6-16(17)12-19(20)22(27)25(23)2/h4-14H,1-3H3/t14-/m0/s1. The number of methoxy groups -OCH3 is 1. The van der Waals surface area contributed by atoms with E-state index in [1.54, 1.807) is 38.4 Å². The van der Waals surface area contributed by atoms with Gasteiger partial charge in [-0.2, -0.15) is 0 Å². The first-order chi connectivity index (χ1) is 14.0. The van der Waals surface area contributed by atoms with E-state index in [1.165, 1.54) is 16.3 Å². The number of carbonyl (C=O) groups excluding carboxylic acids is 1. The molecule has 1 heterocycles. The molecule has 0 unspecified atom stereocenters. The number of rotatable bonds is 5. The van der Waals surface area contributed by atoms with Crippen molar-refractivity contribution < 1.29 is 9.53 Å². The van der Waals surface area contributed by atoms with Gasteiger partial charge in [0.25, 0.3) is 5.56 Å². The Morgan fingerprint density at radius 3 is 2.38 bits per heavy atom. The highest BCUT2D eigenvalue weighted by Crippen LogP contribution is 2.26. The Morgan fingerprint density at radius 2 is 1.72 bits per heavy atom. The minimum absolute atomic E-state index is 0.0227. The number of nitrogens with zero attached hydrogens (tertiary/aromatic N) is 2. The highest BCUT2D eigenvalue weighted by molar-refractivity contribution is 8.00. The maximum Gasteiger partial charge on any atom is 0.261 e. The van der Waals surface area contributed by atoms with Gasteiger partial charge in [0.05, 0.1) is 23.3 Å². The normalized spacial score (nSPS) is 12.2. The third kappa shape index (κ3) is 3.63. The third-order valence-corrected chi connectivity index (χ3v) is 6.07. The summed E-state index contributed by atoms with van der Waals surface area (Å²) in [7, 11) is 3.28. The quantitative estimate of drug-likeness (QED) is 0.213. The number of aromatic nitrogens is 2. The van der Waals surface area contributed by atoms with Gasteiger partial charge in [-0.25, -0.2) is 4.98 Å². The molecule has 0 saturated carbocycles. The minimum atomic E-state index is -0.389. The van der Waals surface area contributed by atoms with Crippen LogP contribution in [0.4, 0.5) is 0 Å². The average Bonchev–Trinajstić information content (AvgIpc) is 2.75. The molecule has 0 saturated heterocycles. The maximum absolute atomic E-state index is 12.9. The number of benzene rings is 3. The van der Waals surface area contributed by atoms with Crippen molar-refractivity contribution in [3.63, 3.8) is 0 Å². The molecule has 0 bridgehead atoms. The number of fused-ring (bicyclic) bond motifs is 2. The molecule has 0 aliphatic carbocycles. The zero-order valence-electron chi connectivity index (χ0n) is 16.4. The van der Waals surface area contributed by atoms with Crippen LogP contribution in [0.25, 0.3) is 21.7 Å². The zero-order chi connectivity index (χ0) is 20.5. The lowest BCUT2D eigenvalue weighted by molar-refractivity contribution is 0.0994. The Morgan fingerprint density at radius 1 is 1.07 bits per heavy atom. The number of ketones is 1. The molecule has 146 valence electrons. The van der Waals surface area contributed by atoms with Crippen molar-refractivity contribution in [3.05, 3.63) is 76.6 Å². The molecule has 0 fully saturated rings. The lowest BCUT2D eigenvalue weighted by Gasteiger charge is -2.14. The van der Waals surface area contributed by atoms with Crippen LogP contribution in [0.1, 0.15) is 17.3 Å². The number of Topliss-reactive ketones (excluding diaryl/α,β-unsaturated/α-hetero) is 1. The molecule has 1 atom stereocenters. The first-order valence-corrected chi connectivity index (χ1v) is 10.1. The smallest absolute Gasteiger partial charge is 0.261 e. The summed E-state index contributed by atoms with van der Waals surface area (Å²) in [5.41, 5.74) is 1.12. The number of hydrogen-bond donors (Lipinski definition) is 0. The van der Waals surface area contributed by atoms with Gasteiger partial charge in [-0.1, -0.05) is 36.0 Å². The SMILES string of the molecule is COc1ccc(C(=O)[C@H](C)Sc2nc3cc4ccccc4cc3c(=O)n2C)cc1. The summed E-state index contributed by atoms with van der Waals surface area (Å²) < 4.78 is 6.65. The molecule has 1 aromatic heterocycles. The first kappa shape index (κ1) is 19.2. The first-order valence-electron chi connectivity index (χ1n) is 9.22. The molecule has 4 aromatic rings. The molecule has 0 aliphatic rings. The van der Waals surface area contributed by atoms with Crippen LogP contribution in [-0.2, 0) is 7.05 Å². The predicted molar refractivity (Wildman–Crippen MR) is 117 cm³/mol. The van der Waals surface area contributed by atoms with Gasteiger partial charge in [-0.05, 0) is 54.1 Å². The summed E-state index contributed by atoms with van der Waals surface area (Å²) in [6, 6.07) is 18.7. The Labute approximate surface area is 172 Å². The predicted octanol–water partition coefficient (Wildman–Crippen LogP) is 4.46. The summed E-state index contributed by atoms with van der Waals surface area (Å²) in [6.07, 6.45) is 0. The Kier molecular flexibility index (Phi) is 5.11. The number of ether oxygens (including phenoxy) is 1. The van der Waals surface area contributed by atoms with Gasteiger partial charge in [0, 0.05) is 12.6 Å². The van der Waals surface area contributed by atoms with Crippen LogP contribution in [0.5, 0.6) is 5.75 Å². The molecule has 3 aromatic carbocycles. The fraction of sp³-hybridized carbons (Fsp3) is 0.174. The fourth-order valence-electron chi connectivity index (χ4n) is 3.24. The van der Waals surface area contributed by atoms with Crippen LogP contribution in [0.15, 0.2) is 70.6 Å². The number of thioether (sulfide) groups is 1. The number of hydrogen-bond acceptors (Lipinski definition) is 5. The lowest BCUT2D eigenvalue weighted by Crippen LogP contribution is -2.22. The average molecular weight is 404 g/mol. The van der Waals surface area contributed by atoms with Gasteiger partial charge in [-0.15, -0.1) is 0 Å². The zero-order valence-corrected chi connectivity index (χ0v) is 17.2. The highest BCUT2D eigenvalue weighted by Gasteiger charge is 2.20. The van der Waals surface area contributed by atoms with Crippen LogP contribution in [0.3, 0.4) is 0 Å². The highest BCUT2D eigenvalue weighted by atomic mass is 32.2. The van der Waals surface area contributed by atoms with E-state index in [2.05, 4.69) is 4.98 Å². The van der Waals surface area contributed by atoms with E-state index in [-0.39, 0.29) is 16.6 Å². The van der Waals surface area contributed by atoms with Crippen molar-refractivity contribution in [2.24, 2.45) is 7.05 Å². The van der Waals surface area contributed by atoms with E-state index < -0.39 is 0 Å². The van der Waals surface area contributed by atoms with Crippen molar-refractivity contribution in [1.29, 1.82) is 0 Å². The molecule has 29 heavy (non-hydrogen) atoms. The summed E-state index contributed by atoms with van der Waals surface area (Å²) in [6.45, 7) is 1.83. The van der Waals surface area contributed by atoms with Crippen LogP contribution < -0.4 is 10.3 Å². The fourth-order valence-corrected chi connectivity index (χ4v) is 4.20. The van der Waals surface area contributed by atoms with Crippen LogP contribution in [0.2, 0.25) is 0 Å². The van der Waals surface area contributed by atoms with Crippen LogP contribution >= 0.6 is 11.8 Å². The molecular weight excluding hydrogens is 384 g/mol. The van der Waals surface area contributed by atoms with Crippen molar-refractivity contribution in [3.8, 4) is 5.75 Å². The van der Waals surface area contributed by atoms with Crippen molar-refractivity contribution in [2.45, 2.75) is 17.3 Å². The molecular formula is C23H20N2O3S. The monoisotopic (exact) mass is 404 g/mol. The second-order valence-electron chi connectivity index (χ2n) is 6.83. The molecule has 0 aliphatic heterocycles. The Balaban J connectivity index is 1.69. The van der Waals surface area contributed by atoms with Gasteiger partial charge in [0.1, 0.15) is 5.75 Å². The van der Waals surface area contributed by atoms with E-state index in [4.69, 9.17) is 4.74 Å². The molecule has 0 spiro atoms. The van der Waals surface area contributed by atoms with E-state index >= 15 is 0 Å². The molecule has 0 radical (unpaired) electrons. The molecule has 4 rings (SSSR count). The lowest BCUT2D eigenvalue weighted by atomic mass is 10.1. The van der Waals surface area contributed by atoms with E-state index in [0.29, 0.717) is 27.4 Å². The van der Waals surface area contributed by atoms with Crippen LogP contribution in [0, 0.1) is 0 Å². The maximum atomic E-state index is 12.9. The summed E-state index contributed by atoms with van der Waals surface area (Å²) in [5.74, 6) is 0.679. The van der Waals surface area contributed by atoms with Crippen molar-refractivity contribution >= 4 is 39.2 Å². The van der Waals surface area contributed by atoms with Crippen molar-refractivity contribution in [1.82, 2.24) is 9.55 Å². The summed E-state index contributed by atoms with van der Waals surface area (Å²) >= 11 is 1.29. The third-order valence-electron chi connectivity index (χ3n) is 4.93. The second-order valence-corrected chi connectivity index (χ2v) is 8.14. The Hall–Kier alpha value is -3.12. The minimum Gasteiger partial charge on any atom is -0.497 e. The van der Waals surface area contributed by atoms with Gasteiger partial charge in [-0.3, -0.25) is 14.2 Å². The van der Waals surface area contributed by atoms with Gasteiger partial charge < -0.3 is 4.74 Å². The molecule has 5 nitrogen and oxygen atoms in total. The molecule has 0 N–H and O–H groups in total. The van der Waals surface area contributed by atoms with Gasteiger partial charge in [0.2, 0.25) is 0 Å². The molecule has 0 amide bonds. The number of carbonyl (C=O) groups is 1. The summed E-state index contributed by atoms with van der Waals surface area (Å²) in [5, 5.41) is 2.73. The van der Waals surface area contributed by atoms with E-state index in [9.17, 15) is 9.59 Å². The topological polar surface area (TPSA) is 61.2 Å². The second kappa shape index (κ2) is 7.72. The van der Waals surface area contributed by atoms with Crippen molar-refractivity contribution in [2.75, 3.05) is 7.11 Å². The van der Waals surface area contributed by atoms with E-state index in [1.807, 2.05) is 43.3 Å². The van der Waals surface area contributed by atoms with Gasteiger partial charge in [0.15, 0.2) is 10.9 Å². The molecule has 6 heteroatoms. The van der Waals surface area contributed by atoms with Gasteiger partial charge >= 0.3 is 0 Å².